The summed E-state index contributed by atoms with van der Waals surface area (Å²) in [6.45, 7) is 1.51. The lowest BCUT2D eigenvalue weighted by molar-refractivity contribution is 0.0692. The van der Waals surface area contributed by atoms with E-state index in [4.69, 9.17) is 5.11 Å². The fourth-order valence-electron chi connectivity index (χ4n) is 2.48. The first kappa shape index (κ1) is 14.7. The first-order valence-electron chi connectivity index (χ1n) is 6.65. The number of likely N-dealkylation sites (tertiary alicyclic amines) is 1. The molecule has 2 N–H and O–H groups in total. The van der Waals surface area contributed by atoms with Crippen LogP contribution in [0.2, 0.25) is 0 Å². The summed E-state index contributed by atoms with van der Waals surface area (Å²) >= 11 is 0. The smallest absolute Gasteiger partial charge is 0.338 e. The van der Waals surface area contributed by atoms with Gasteiger partial charge in [0.2, 0.25) is 0 Å². The molecule has 2 rings (SSSR count). The van der Waals surface area contributed by atoms with E-state index >= 15 is 0 Å². The quantitative estimate of drug-likeness (QED) is 0.892. The lowest BCUT2D eigenvalue weighted by Gasteiger charge is -2.32. The number of anilines is 1. The highest BCUT2D eigenvalue weighted by atomic mass is 19.1. The molecule has 0 saturated carbocycles. The highest BCUT2D eigenvalue weighted by Gasteiger charge is 2.20. The molecule has 1 saturated heterocycles. The molecular weight excluding hydrogens is 266 g/mol. The average molecular weight is 284 g/mol. The van der Waals surface area contributed by atoms with Crippen molar-refractivity contribution in [2.75, 3.05) is 25.5 Å². The summed E-state index contributed by atoms with van der Waals surface area (Å²) in [5.41, 5.74) is -0.492. The molecule has 110 valence electrons. The Bertz CT molecular complexity index is 508. The molecule has 1 aliphatic heterocycles. The van der Waals surface area contributed by atoms with Crippen molar-refractivity contribution in [1.82, 2.24) is 4.90 Å². The zero-order valence-electron chi connectivity index (χ0n) is 11.3. The molecule has 1 aromatic rings. The second kappa shape index (κ2) is 6.17. The molecular formula is C14H18F2N2O2. The maximum Gasteiger partial charge on any atom is 0.338 e. The third-order valence-electron chi connectivity index (χ3n) is 3.74. The Morgan fingerprint density at radius 3 is 2.80 bits per heavy atom. The van der Waals surface area contributed by atoms with E-state index < -0.39 is 23.2 Å². The summed E-state index contributed by atoms with van der Waals surface area (Å²) in [4.78, 5) is 13.0. The van der Waals surface area contributed by atoms with Gasteiger partial charge in [0.1, 0.15) is 11.6 Å². The Labute approximate surface area is 116 Å². The summed E-state index contributed by atoms with van der Waals surface area (Å²) in [5, 5.41) is 11.7. The largest absolute Gasteiger partial charge is 0.478 e. The van der Waals surface area contributed by atoms with Crippen LogP contribution in [-0.4, -0.2) is 42.2 Å². The summed E-state index contributed by atoms with van der Waals surface area (Å²) in [7, 11) is 2.01. The maximum atomic E-state index is 13.6. The van der Waals surface area contributed by atoms with Crippen LogP contribution in [0.25, 0.3) is 0 Å². The SMILES string of the molecule is CN1CCCCC1CNc1cc(C(=O)O)c(F)cc1F. The van der Waals surface area contributed by atoms with Crippen molar-refractivity contribution in [3.8, 4) is 0 Å². The van der Waals surface area contributed by atoms with Gasteiger partial charge in [0.05, 0.1) is 11.3 Å². The standard InChI is InChI=1S/C14H18F2N2O2/c1-18-5-3-2-4-9(18)8-17-13-6-10(14(19)20)11(15)7-12(13)16/h6-7,9,17H,2-5,8H2,1H3,(H,19,20). The molecule has 20 heavy (non-hydrogen) atoms. The number of carbonyl (C=O) groups is 1. The van der Waals surface area contributed by atoms with E-state index in [1.54, 1.807) is 0 Å². The lowest BCUT2D eigenvalue weighted by Crippen LogP contribution is -2.40. The number of likely N-dealkylation sites (N-methyl/N-ethyl adjacent to an activating group) is 1. The van der Waals surface area contributed by atoms with Crippen molar-refractivity contribution in [2.24, 2.45) is 0 Å². The normalized spacial score (nSPS) is 19.9. The predicted octanol–water partition coefficient (Wildman–Crippen LogP) is 2.56. The molecule has 0 amide bonds. The van der Waals surface area contributed by atoms with E-state index in [0.29, 0.717) is 12.6 Å². The molecule has 0 bridgehead atoms. The average Bonchev–Trinajstić information content (AvgIpc) is 2.39. The Morgan fingerprint density at radius 2 is 2.15 bits per heavy atom. The van der Waals surface area contributed by atoms with Crippen LogP contribution in [0.15, 0.2) is 12.1 Å². The van der Waals surface area contributed by atoms with Gasteiger partial charge in [-0.15, -0.1) is 0 Å². The van der Waals surface area contributed by atoms with Crippen molar-refractivity contribution >= 4 is 11.7 Å². The van der Waals surface area contributed by atoms with Gasteiger partial charge in [-0.1, -0.05) is 6.42 Å². The van der Waals surface area contributed by atoms with Crippen molar-refractivity contribution in [2.45, 2.75) is 25.3 Å². The van der Waals surface area contributed by atoms with Gasteiger partial charge < -0.3 is 15.3 Å². The second-order valence-electron chi connectivity index (χ2n) is 5.13. The van der Waals surface area contributed by atoms with Crippen LogP contribution in [0.1, 0.15) is 29.6 Å². The lowest BCUT2D eigenvalue weighted by atomic mass is 10.0. The number of aromatic carboxylic acids is 1. The van der Waals surface area contributed by atoms with Gasteiger partial charge in [0, 0.05) is 18.7 Å². The van der Waals surface area contributed by atoms with E-state index in [2.05, 4.69) is 10.2 Å². The van der Waals surface area contributed by atoms with E-state index in [1.165, 1.54) is 0 Å². The molecule has 1 aliphatic rings. The van der Waals surface area contributed by atoms with Crippen molar-refractivity contribution in [3.63, 3.8) is 0 Å². The minimum atomic E-state index is -1.40. The fourth-order valence-corrected chi connectivity index (χ4v) is 2.48. The highest BCUT2D eigenvalue weighted by molar-refractivity contribution is 5.89. The molecule has 0 aliphatic carbocycles. The second-order valence-corrected chi connectivity index (χ2v) is 5.13. The molecule has 0 spiro atoms. The van der Waals surface area contributed by atoms with Crippen LogP contribution >= 0.6 is 0 Å². The highest BCUT2D eigenvalue weighted by Crippen LogP contribution is 2.21. The van der Waals surface area contributed by atoms with E-state index in [9.17, 15) is 13.6 Å². The first-order valence-corrected chi connectivity index (χ1v) is 6.65. The summed E-state index contributed by atoms with van der Waals surface area (Å²) < 4.78 is 26.9. The predicted molar refractivity (Wildman–Crippen MR) is 72.1 cm³/mol. The molecule has 1 heterocycles. The van der Waals surface area contributed by atoms with Crippen LogP contribution in [0.4, 0.5) is 14.5 Å². The van der Waals surface area contributed by atoms with Crippen molar-refractivity contribution in [1.29, 1.82) is 0 Å². The number of rotatable bonds is 4. The van der Waals surface area contributed by atoms with Crippen LogP contribution < -0.4 is 5.32 Å². The first-order chi connectivity index (χ1) is 9.49. The van der Waals surface area contributed by atoms with E-state index in [0.717, 1.165) is 31.9 Å². The molecule has 0 radical (unpaired) electrons. The number of nitrogens with one attached hydrogen (secondary N) is 1. The Kier molecular flexibility index (Phi) is 4.54. The van der Waals surface area contributed by atoms with Gasteiger partial charge in [-0.05, 0) is 32.5 Å². The molecule has 1 atom stereocenters. The Balaban J connectivity index is 2.09. The number of halogens is 2. The topological polar surface area (TPSA) is 52.6 Å². The van der Waals surface area contributed by atoms with Gasteiger partial charge in [0.15, 0.2) is 0 Å². The molecule has 1 unspecified atom stereocenters. The molecule has 1 aromatic carbocycles. The van der Waals surface area contributed by atoms with Gasteiger partial charge >= 0.3 is 5.97 Å². The molecule has 1 fully saturated rings. The number of carboxylic acids is 1. The monoisotopic (exact) mass is 284 g/mol. The van der Waals surface area contributed by atoms with Crippen LogP contribution in [-0.2, 0) is 0 Å². The molecule has 4 nitrogen and oxygen atoms in total. The minimum absolute atomic E-state index is 0.0303. The number of hydrogen-bond donors (Lipinski definition) is 2. The maximum absolute atomic E-state index is 13.6. The summed E-state index contributed by atoms with van der Waals surface area (Å²) in [6, 6.07) is 1.90. The van der Waals surface area contributed by atoms with E-state index in [-0.39, 0.29) is 11.7 Å². The number of benzene rings is 1. The number of carboxylic acid groups (broad SMARTS) is 1. The van der Waals surface area contributed by atoms with Gasteiger partial charge in [-0.25, -0.2) is 13.6 Å². The van der Waals surface area contributed by atoms with Gasteiger partial charge in [-0.2, -0.15) is 0 Å². The summed E-state index contributed by atoms with van der Waals surface area (Å²) in [5.74, 6) is -3.23. The van der Waals surface area contributed by atoms with Crippen molar-refractivity contribution in [3.05, 3.63) is 29.3 Å². The number of nitrogens with zero attached hydrogens (tertiary/aromatic N) is 1. The minimum Gasteiger partial charge on any atom is -0.478 e. The number of piperidine rings is 1. The zero-order chi connectivity index (χ0) is 14.7. The van der Waals surface area contributed by atoms with Crippen LogP contribution in [0, 0.1) is 11.6 Å². The number of hydrogen-bond acceptors (Lipinski definition) is 3. The van der Waals surface area contributed by atoms with Crippen LogP contribution in [0.5, 0.6) is 0 Å². The van der Waals surface area contributed by atoms with E-state index in [1.807, 2.05) is 7.05 Å². The third kappa shape index (κ3) is 3.25. The fraction of sp³-hybridized carbons (Fsp3) is 0.500. The Hall–Kier alpha value is -1.69. The van der Waals surface area contributed by atoms with Crippen LogP contribution in [0.3, 0.4) is 0 Å². The van der Waals surface area contributed by atoms with Gasteiger partial charge in [-0.3, -0.25) is 0 Å². The summed E-state index contributed by atoms with van der Waals surface area (Å²) in [6.07, 6.45) is 3.29. The molecule has 0 aromatic heterocycles. The van der Waals surface area contributed by atoms with Gasteiger partial charge in [0.25, 0.3) is 0 Å². The van der Waals surface area contributed by atoms with Crippen molar-refractivity contribution < 1.29 is 18.7 Å². The molecule has 6 heteroatoms. The zero-order valence-corrected chi connectivity index (χ0v) is 11.3. The third-order valence-corrected chi connectivity index (χ3v) is 3.74. The Morgan fingerprint density at radius 1 is 1.40 bits per heavy atom.